The Morgan fingerprint density at radius 2 is 2.06 bits per heavy atom. The standard InChI is InChI=1S/C11H12FNO3S/c12-8-5-9(13(14)15)7-11(6-8)17-10-1-3-16-4-2-10/h5-7,10H,1-4H2. The molecule has 0 aromatic heterocycles. The lowest BCUT2D eigenvalue weighted by Gasteiger charge is -2.21. The molecular weight excluding hydrogens is 245 g/mol. The van der Waals surface area contributed by atoms with Crippen LogP contribution in [0.15, 0.2) is 23.1 Å². The molecule has 0 saturated carbocycles. The number of nitro groups is 1. The molecule has 6 heteroatoms. The van der Waals surface area contributed by atoms with Gasteiger partial charge in [-0.25, -0.2) is 4.39 Å². The number of ether oxygens (including phenoxy) is 1. The van der Waals surface area contributed by atoms with Gasteiger partial charge in [-0.1, -0.05) is 0 Å². The van der Waals surface area contributed by atoms with Crippen LogP contribution in [0.25, 0.3) is 0 Å². The molecule has 0 N–H and O–H groups in total. The van der Waals surface area contributed by atoms with Crippen molar-refractivity contribution < 1.29 is 14.1 Å². The van der Waals surface area contributed by atoms with Crippen molar-refractivity contribution in [1.82, 2.24) is 0 Å². The highest BCUT2D eigenvalue weighted by molar-refractivity contribution is 8.00. The van der Waals surface area contributed by atoms with Crippen molar-refractivity contribution in [3.63, 3.8) is 0 Å². The molecule has 0 bridgehead atoms. The summed E-state index contributed by atoms with van der Waals surface area (Å²) < 4.78 is 18.4. The SMILES string of the molecule is O=[N+]([O-])c1cc(F)cc(SC2CCOCC2)c1. The summed E-state index contributed by atoms with van der Waals surface area (Å²) in [5, 5.41) is 11.0. The summed E-state index contributed by atoms with van der Waals surface area (Å²) in [7, 11) is 0. The van der Waals surface area contributed by atoms with Gasteiger partial charge >= 0.3 is 0 Å². The predicted molar refractivity (Wildman–Crippen MR) is 62.8 cm³/mol. The van der Waals surface area contributed by atoms with E-state index in [1.807, 2.05) is 0 Å². The van der Waals surface area contributed by atoms with Crippen LogP contribution in [0.4, 0.5) is 10.1 Å². The van der Waals surface area contributed by atoms with Crippen molar-refractivity contribution in [2.45, 2.75) is 23.0 Å². The number of benzene rings is 1. The molecule has 0 unspecified atom stereocenters. The maximum atomic E-state index is 13.2. The molecule has 0 spiro atoms. The lowest BCUT2D eigenvalue weighted by molar-refractivity contribution is -0.385. The van der Waals surface area contributed by atoms with Crippen molar-refractivity contribution >= 4 is 17.4 Å². The van der Waals surface area contributed by atoms with Crippen LogP contribution in [0.1, 0.15) is 12.8 Å². The summed E-state index contributed by atoms with van der Waals surface area (Å²) in [6, 6.07) is 3.70. The first kappa shape index (κ1) is 12.3. The third kappa shape index (κ3) is 3.41. The minimum atomic E-state index is -0.572. The van der Waals surface area contributed by atoms with E-state index >= 15 is 0 Å². The van der Waals surface area contributed by atoms with Gasteiger partial charge in [0.15, 0.2) is 0 Å². The van der Waals surface area contributed by atoms with Gasteiger partial charge in [0.25, 0.3) is 5.69 Å². The minimum absolute atomic E-state index is 0.195. The molecular formula is C11H12FNO3S. The molecule has 2 rings (SSSR count). The lowest BCUT2D eigenvalue weighted by atomic mass is 10.2. The van der Waals surface area contributed by atoms with Crippen LogP contribution in [0, 0.1) is 15.9 Å². The second kappa shape index (κ2) is 5.46. The van der Waals surface area contributed by atoms with E-state index in [4.69, 9.17) is 4.74 Å². The van der Waals surface area contributed by atoms with Crippen molar-refractivity contribution in [3.05, 3.63) is 34.1 Å². The summed E-state index contributed by atoms with van der Waals surface area (Å²) >= 11 is 1.49. The van der Waals surface area contributed by atoms with E-state index in [1.54, 1.807) is 0 Å². The number of nitrogens with zero attached hydrogens (tertiary/aromatic N) is 1. The Bertz CT molecular complexity index is 421. The lowest BCUT2D eigenvalue weighted by Crippen LogP contribution is -2.17. The number of hydrogen-bond acceptors (Lipinski definition) is 4. The van der Waals surface area contributed by atoms with Crippen LogP contribution in [0.2, 0.25) is 0 Å². The fraction of sp³-hybridized carbons (Fsp3) is 0.455. The summed E-state index contributed by atoms with van der Waals surface area (Å²) in [5.41, 5.74) is -0.195. The van der Waals surface area contributed by atoms with Crippen molar-refractivity contribution in [1.29, 1.82) is 0 Å². The van der Waals surface area contributed by atoms with Gasteiger partial charge in [-0.15, -0.1) is 11.8 Å². The Kier molecular flexibility index (Phi) is 3.96. The molecule has 1 heterocycles. The van der Waals surface area contributed by atoms with E-state index in [2.05, 4.69) is 0 Å². The molecule has 1 saturated heterocycles. The second-order valence-corrected chi connectivity index (χ2v) is 5.21. The zero-order chi connectivity index (χ0) is 12.3. The zero-order valence-electron chi connectivity index (χ0n) is 9.10. The van der Waals surface area contributed by atoms with Crippen LogP contribution in [-0.2, 0) is 4.74 Å². The van der Waals surface area contributed by atoms with Crippen molar-refractivity contribution in [3.8, 4) is 0 Å². The van der Waals surface area contributed by atoms with E-state index in [0.29, 0.717) is 23.4 Å². The summed E-state index contributed by atoms with van der Waals surface area (Å²) in [6.07, 6.45) is 1.80. The Balaban J connectivity index is 2.11. The fourth-order valence-corrected chi connectivity index (χ4v) is 2.89. The molecule has 1 fully saturated rings. The Labute approximate surface area is 102 Å². The molecule has 1 aliphatic heterocycles. The van der Waals surface area contributed by atoms with E-state index in [9.17, 15) is 14.5 Å². The van der Waals surface area contributed by atoms with Crippen molar-refractivity contribution in [2.75, 3.05) is 13.2 Å². The maximum Gasteiger partial charge on any atom is 0.273 e. The molecule has 1 aromatic rings. The molecule has 0 atom stereocenters. The summed E-state index contributed by atoms with van der Waals surface area (Å²) in [5.74, 6) is -0.561. The van der Waals surface area contributed by atoms with Gasteiger partial charge in [0.2, 0.25) is 0 Å². The van der Waals surface area contributed by atoms with Crippen molar-refractivity contribution in [2.24, 2.45) is 0 Å². The quantitative estimate of drug-likeness (QED) is 0.617. The highest BCUT2D eigenvalue weighted by atomic mass is 32.2. The average molecular weight is 257 g/mol. The fourth-order valence-electron chi connectivity index (χ4n) is 1.71. The predicted octanol–water partition coefficient (Wildman–Crippen LogP) is 3.01. The molecule has 4 nitrogen and oxygen atoms in total. The van der Waals surface area contributed by atoms with Crippen LogP contribution in [-0.4, -0.2) is 23.4 Å². The Morgan fingerprint density at radius 3 is 2.71 bits per heavy atom. The van der Waals surface area contributed by atoms with E-state index in [1.165, 1.54) is 23.9 Å². The van der Waals surface area contributed by atoms with Gasteiger partial charge in [0, 0.05) is 29.4 Å². The van der Waals surface area contributed by atoms with Crippen LogP contribution >= 0.6 is 11.8 Å². The highest BCUT2D eigenvalue weighted by Crippen LogP contribution is 2.32. The number of non-ortho nitro benzene ring substituents is 1. The first-order valence-corrected chi connectivity index (χ1v) is 6.22. The van der Waals surface area contributed by atoms with Crippen LogP contribution in [0.5, 0.6) is 0 Å². The zero-order valence-corrected chi connectivity index (χ0v) is 9.91. The smallest absolute Gasteiger partial charge is 0.273 e. The van der Waals surface area contributed by atoms with Gasteiger partial charge in [-0.05, 0) is 18.9 Å². The first-order valence-electron chi connectivity index (χ1n) is 5.34. The number of halogens is 1. The maximum absolute atomic E-state index is 13.2. The molecule has 92 valence electrons. The summed E-state index contributed by atoms with van der Waals surface area (Å²) in [6.45, 7) is 1.41. The van der Waals surface area contributed by atoms with Gasteiger partial charge in [-0.3, -0.25) is 10.1 Å². The third-order valence-electron chi connectivity index (χ3n) is 2.54. The molecule has 0 radical (unpaired) electrons. The van der Waals surface area contributed by atoms with E-state index in [-0.39, 0.29) is 5.69 Å². The topological polar surface area (TPSA) is 52.4 Å². The van der Waals surface area contributed by atoms with E-state index < -0.39 is 10.7 Å². The summed E-state index contributed by atoms with van der Waals surface area (Å²) in [4.78, 5) is 10.6. The first-order chi connectivity index (χ1) is 8.15. The van der Waals surface area contributed by atoms with Gasteiger partial charge < -0.3 is 4.74 Å². The highest BCUT2D eigenvalue weighted by Gasteiger charge is 2.17. The second-order valence-electron chi connectivity index (χ2n) is 3.83. The molecule has 1 aromatic carbocycles. The largest absolute Gasteiger partial charge is 0.381 e. The van der Waals surface area contributed by atoms with Gasteiger partial charge in [0.1, 0.15) is 5.82 Å². The van der Waals surface area contributed by atoms with Gasteiger partial charge in [-0.2, -0.15) is 0 Å². The van der Waals surface area contributed by atoms with E-state index in [0.717, 1.165) is 18.9 Å². The molecule has 1 aliphatic rings. The Hall–Kier alpha value is -1.14. The molecule has 17 heavy (non-hydrogen) atoms. The van der Waals surface area contributed by atoms with Crippen LogP contribution < -0.4 is 0 Å². The number of rotatable bonds is 3. The normalized spacial score (nSPS) is 17.0. The minimum Gasteiger partial charge on any atom is -0.381 e. The molecule has 0 aliphatic carbocycles. The average Bonchev–Trinajstić information content (AvgIpc) is 2.29. The third-order valence-corrected chi connectivity index (χ3v) is 3.85. The Morgan fingerprint density at radius 1 is 1.35 bits per heavy atom. The number of hydrogen-bond donors (Lipinski definition) is 0. The number of nitro benzene ring substituents is 1. The van der Waals surface area contributed by atoms with Gasteiger partial charge in [0.05, 0.1) is 11.0 Å². The number of thioether (sulfide) groups is 1. The molecule has 0 amide bonds. The van der Waals surface area contributed by atoms with Crippen LogP contribution in [0.3, 0.4) is 0 Å². The monoisotopic (exact) mass is 257 g/mol.